The van der Waals surface area contributed by atoms with Crippen LogP contribution in [0.3, 0.4) is 0 Å². The minimum absolute atomic E-state index is 0.372. The van der Waals surface area contributed by atoms with Crippen LogP contribution in [-0.4, -0.2) is 23.0 Å². The summed E-state index contributed by atoms with van der Waals surface area (Å²) in [6.07, 6.45) is 4.13. The number of hydrogen-bond donors (Lipinski definition) is 2. The Morgan fingerprint density at radius 2 is 2.21 bits per heavy atom. The van der Waals surface area contributed by atoms with Crippen LogP contribution in [0.5, 0.6) is 0 Å². The Labute approximate surface area is 124 Å². The molecule has 1 aliphatic carbocycles. The van der Waals surface area contributed by atoms with E-state index in [2.05, 4.69) is 6.07 Å². The molecule has 4 heteroatoms. The van der Waals surface area contributed by atoms with Crippen LogP contribution < -0.4 is 5.73 Å². The van der Waals surface area contributed by atoms with Crippen molar-refractivity contribution < 1.29 is 5.11 Å². The third-order valence-electron chi connectivity index (χ3n) is 4.10. The van der Waals surface area contributed by atoms with Gasteiger partial charge < -0.3 is 10.8 Å². The molecular formula is C15H22ClNOS. The molecule has 2 atom stereocenters. The second-order valence-electron chi connectivity index (χ2n) is 5.33. The number of benzene rings is 1. The van der Waals surface area contributed by atoms with Crippen molar-refractivity contribution >= 4 is 23.4 Å². The van der Waals surface area contributed by atoms with Gasteiger partial charge in [-0.15, -0.1) is 0 Å². The summed E-state index contributed by atoms with van der Waals surface area (Å²) in [6, 6.07) is 7.98. The molecule has 0 bridgehead atoms. The SMILES string of the molecule is NCC1(O)CCCC1CCSCc1ccccc1Cl. The Morgan fingerprint density at radius 1 is 1.42 bits per heavy atom. The fraction of sp³-hybridized carbons (Fsp3) is 0.600. The molecule has 0 spiro atoms. The molecule has 0 saturated heterocycles. The summed E-state index contributed by atoms with van der Waals surface area (Å²) in [5, 5.41) is 11.2. The number of rotatable bonds is 6. The number of thioether (sulfide) groups is 1. The van der Waals surface area contributed by atoms with Crippen LogP contribution in [0.1, 0.15) is 31.2 Å². The van der Waals surface area contributed by atoms with Crippen molar-refractivity contribution in [2.24, 2.45) is 11.7 Å². The zero-order valence-electron chi connectivity index (χ0n) is 11.1. The number of nitrogens with two attached hydrogens (primary N) is 1. The van der Waals surface area contributed by atoms with Crippen LogP contribution >= 0.6 is 23.4 Å². The van der Waals surface area contributed by atoms with E-state index in [4.69, 9.17) is 17.3 Å². The fourth-order valence-electron chi connectivity index (χ4n) is 2.83. The molecule has 0 heterocycles. The fourth-order valence-corrected chi connectivity index (χ4v) is 4.18. The Kier molecular flexibility index (Phi) is 5.58. The van der Waals surface area contributed by atoms with E-state index in [1.54, 1.807) is 0 Å². The van der Waals surface area contributed by atoms with E-state index >= 15 is 0 Å². The minimum Gasteiger partial charge on any atom is -0.388 e. The molecule has 0 amide bonds. The highest BCUT2D eigenvalue weighted by molar-refractivity contribution is 7.98. The van der Waals surface area contributed by atoms with Crippen molar-refractivity contribution in [3.63, 3.8) is 0 Å². The average Bonchev–Trinajstić information content (AvgIpc) is 2.79. The third kappa shape index (κ3) is 3.88. The molecule has 1 aromatic rings. The lowest BCUT2D eigenvalue weighted by Gasteiger charge is -2.28. The molecular weight excluding hydrogens is 278 g/mol. The molecule has 1 fully saturated rings. The first-order valence-corrected chi connectivity index (χ1v) is 8.42. The van der Waals surface area contributed by atoms with Gasteiger partial charge in [-0.1, -0.05) is 36.2 Å². The van der Waals surface area contributed by atoms with Gasteiger partial charge in [0.05, 0.1) is 5.60 Å². The lowest BCUT2D eigenvalue weighted by Crippen LogP contribution is -2.41. The molecule has 19 heavy (non-hydrogen) atoms. The quantitative estimate of drug-likeness (QED) is 0.791. The molecule has 106 valence electrons. The second kappa shape index (κ2) is 6.98. The Hall–Kier alpha value is -0.220. The normalized spacial score (nSPS) is 26.8. The monoisotopic (exact) mass is 299 g/mol. The standard InChI is InChI=1S/C15H22ClNOS/c16-14-6-2-1-4-12(14)10-19-9-7-13-5-3-8-15(13,18)11-17/h1-2,4,6,13,18H,3,5,7-11,17H2. The summed E-state index contributed by atoms with van der Waals surface area (Å²) in [6.45, 7) is 0.396. The van der Waals surface area contributed by atoms with Gasteiger partial charge in [0.2, 0.25) is 0 Å². The smallest absolute Gasteiger partial charge is 0.0797 e. The highest BCUT2D eigenvalue weighted by Gasteiger charge is 2.39. The second-order valence-corrected chi connectivity index (χ2v) is 6.84. The van der Waals surface area contributed by atoms with E-state index in [1.165, 1.54) is 5.56 Å². The summed E-state index contributed by atoms with van der Waals surface area (Å²) < 4.78 is 0. The molecule has 2 rings (SSSR count). The lowest BCUT2D eigenvalue weighted by molar-refractivity contribution is 0.0104. The highest BCUT2D eigenvalue weighted by Crippen LogP contribution is 2.38. The maximum absolute atomic E-state index is 10.4. The molecule has 2 unspecified atom stereocenters. The van der Waals surface area contributed by atoms with Crippen molar-refractivity contribution in [3.8, 4) is 0 Å². The zero-order valence-corrected chi connectivity index (χ0v) is 12.7. The molecule has 1 saturated carbocycles. The van der Waals surface area contributed by atoms with Crippen LogP contribution in [0.4, 0.5) is 0 Å². The topological polar surface area (TPSA) is 46.2 Å². The van der Waals surface area contributed by atoms with Crippen LogP contribution in [0.2, 0.25) is 5.02 Å². The van der Waals surface area contributed by atoms with Crippen molar-refractivity contribution in [2.45, 2.75) is 37.0 Å². The van der Waals surface area contributed by atoms with Gasteiger partial charge in [-0.05, 0) is 42.6 Å². The summed E-state index contributed by atoms with van der Waals surface area (Å²) in [5.41, 5.74) is 6.28. The summed E-state index contributed by atoms with van der Waals surface area (Å²) in [4.78, 5) is 0. The van der Waals surface area contributed by atoms with Crippen LogP contribution in [0.25, 0.3) is 0 Å². The van der Waals surface area contributed by atoms with Gasteiger partial charge in [0.25, 0.3) is 0 Å². The first kappa shape index (κ1) is 15.2. The summed E-state index contributed by atoms with van der Waals surface area (Å²) in [7, 11) is 0. The van der Waals surface area contributed by atoms with Gasteiger partial charge in [0.1, 0.15) is 0 Å². The molecule has 1 aliphatic rings. The Morgan fingerprint density at radius 3 is 2.95 bits per heavy atom. The molecule has 1 aromatic carbocycles. The predicted octanol–water partition coefficient (Wildman–Crippen LogP) is 3.45. The molecule has 3 N–H and O–H groups in total. The lowest BCUT2D eigenvalue weighted by atomic mass is 9.89. The summed E-state index contributed by atoms with van der Waals surface area (Å²) in [5.74, 6) is 2.36. The molecule has 0 radical (unpaired) electrons. The third-order valence-corrected chi connectivity index (χ3v) is 5.51. The predicted molar refractivity (Wildman–Crippen MR) is 83.6 cm³/mol. The van der Waals surface area contributed by atoms with Crippen LogP contribution in [0, 0.1) is 5.92 Å². The Balaban J connectivity index is 1.74. The molecule has 0 aliphatic heterocycles. The van der Waals surface area contributed by atoms with Gasteiger partial charge >= 0.3 is 0 Å². The van der Waals surface area contributed by atoms with E-state index < -0.39 is 5.60 Å². The van der Waals surface area contributed by atoms with Gasteiger partial charge in [0.15, 0.2) is 0 Å². The largest absolute Gasteiger partial charge is 0.388 e. The van der Waals surface area contributed by atoms with Crippen molar-refractivity contribution in [3.05, 3.63) is 34.9 Å². The molecule has 0 aromatic heterocycles. The zero-order chi connectivity index (χ0) is 13.7. The van der Waals surface area contributed by atoms with E-state index in [1.807, 2.05) is 30.0 Å². The maximum Gasteiger partial charge on any atom is 0.0797 e. The van der Waals surface area contributed by atoms with E-state index in [9.17, 15) is 5.11 Å². The molecule has 2 nitrogen and oxygen atoms in total. The Bertz CT molecular complexity index is 415. The number of halogens is 1. The van der Waals surface area contributed by atoms with E-state index in [0.717, 1.165) is 42.2 Å². The van der Waals surface area contributed by atoms with Crippen molar-refractivity contribution in [1.82, 2.24) is 0 Å². The van der Waals surface area contributed by atoms with Gasteiger partial charge in [-0.2, -0.15) is 11.8 Å². The first-order chi connectivity index (χ1) is 9.15. The van der Waals surface area contributed by atoms with Gasteiger partial charge in [-0.25, -0.2) is 0 Å². The maximum atomic E-state index is 10.4. The number of hydrogen-bond acceptors (Lipinski definition) is 3. The average molecular weight is 300 g/mol. The number of aliphatic hydroxyl groups is 1. The van der Waals surface area contributed by atoms with Crippen LogP contribution in [-0.2, 0) is 5.75 Å². The van der Waals surface area contributed by atoms with E-state index in [0.29, 0.717) is 12.5 Å². The first-order valence-electron chi connectivity index (χ1n) is 6.89. The van der Waals surface area contributed by atoms with Crippen molar-refractivity contribution in [1.29, 1.82) is 0 Å². The van der Waals surface area contributed by atoms with E-state index in [-0.39, 0.29) is 0 Å². The van der Waals surface area contributed by atoms with Gasteiger partial charge in [0, 0.05) is 17.3 Å². The highest BCUT2D eigenvalue weighted by atomic mass is 35.5. The van der Waals surface area contributed by atoms with Crippen molar-refractivity contribution in [2.75, 3.05) is 12.3 Å². The summed E-state index contributed by atoms with van der Waals surface area (Å²) >= 11 is 8.01. The van der Waals surface area contributed by atoms with Crippen LogP contribution in [0.15, 0.2) is 24.3 Å². The van der Waals surface area contributed by atoms with Gasteiger partial charge in [-0.3, -0.25) is 0 Å². The minimum atomic E-state index is -0.606.